The summed E-state index contributed by atoms with van der Waals surface area (Å²) in [5, 5.41) is 11.6. The van der Waals surface area contributed by atoms with E-state index in [1.54, 1.807) is 49.6 Å². The average Bonchev–Trinajstić information content (AvgIpc) is 2.52. The highest BCUT2D eigenvalue weighted by Crippen LogP contribution is 2.12. The van der Waals surface area contributed by atoms with Gasteiger partial charge in [0.1, 0.15) is 5.75 Å². The third kappa shape index (κ3) is 3.36. The van der Waals surface area contributed by atoms with E-state index in [1.165, 1.54) is 0 Å². The van der Waals surface area contributed by atoms with Gasteiger partial charge < -0.3 is 10.1 Å². The highest BCUT2D eigenvalue weighted by Gasteiger charge is 2.06. The van der Waals surface area contributed by atoms with Crippen molar-refractivity contribution < 1.29 is 9.53 Å². The van der Waals surface area contributed by atoms with E-state index in [0.717, 1.165) is 5.56 Å². The van der Waals surface area contributed by atoms with Crippen LogP contribution in [0.4, 0.5) is 0 Å². The highest BCUT2D eigenvalue weighted by molar-refractivity contribution is 5.94. The van der Waals surface area contributed by atoms with Gasteiger partial charge in [0.15, 0.2) is 0 Å². The lowest BCUT2D eigenvalue weighted by atomic mass is 10.1. The molecule has 0 saturated carbocycles. The first-order chi connectivity index (χ1) is 9.72. The van der Waals surface area contributed by atoms with Crippen LogP contribution in [0, 0.1) is 11.3 Å². The van der Waals surface area contributed by atoms with E-state index < -0.39 is 0 Å². The van der Waals surface area contributed by atoms with Crippen molar-refractivity contribution in [1.82, 2.24) is 5.32 Å². The van der Waals surface area contributed by atoms with E-state index in [-0.39, 0.29) is 5.91 Å². The number of nitriles is 1. The number of amides is 1. The summed E-state index contributed by atoms with van der Waals surface area (Å²) in [6.45, 7) is 0.381. The van der Waals surface area contributed by atoms with Crippen LogP contribution in [0.25, 0.3) is 0 Å². The predicted octanol–water partition coefficient (Wildman–Crippen LogP) is 2.50. The van der Waals surface area contributed by atoms with Crippen LogP contribution in [0.2, 0.25) is 0 Å². The van der Waals surface area contributed by atoms with Gasteiger partial charge in [0.25, 0.3) is 5.91 Å². The number of nitrogens with one attached hydrogen (secondary N) is 1. The molecule has 20 heavy (non-hydrogen) atoms. The third-order valence-corrected chi connectivity index (χ3v) is 2.84. The lowest BCUT2D eigenvalue weighted by Crippen LogP contribution is -2.22. The van der Waals surface area contributed by atoms with Gasteiger partial charge in [-0.15, -0.1) is 0 Å². The number of nitrogens with zero attached hydrogens (tertiary/aromatic N) is 1. The predicted molar refractivity (Wildman–Crippen MR) is 75.3 cm³/mol. The van der Waals surface area contributed by atoms with Crippen molar-refractivity contribution in [2.24, 2.45) is 0 Å². The lowest BCUT2D eigenvalue weighted by molar-refractivity contribution is 0.0950. The Balaban J connectivity index is 2.03. The molecule has 0 atom stereocenters. The van der Waals surface area contributed by atoms with Crippen LogP contribution in [0.1, 0.15) is 21.5 Å². The van der Waals surface area contributed by atoms with Crippen molar-refractivity contribution in [3.63, 3.8) is 0 Å². The van der Waals surface area contributed by atoms with Gasteiger partial charge in [0.2, 0.25) is 0 Å². The molecule has 100 valence electrons. The summed E-state index contributed by atoms with van der Waals surface area (Å²) in [6.07, 6.45) is 0. The maximum absolute atomic E-state index is 12.0. The molecule has 0 aliphatic carbocycles. The first-order valence-electron chi connectivity index (χ1n) is 6.14. The summed E-state index contributed by atoms with van der Waals surface area (Å²) in [4.78, 5) is 12.0. The van der Waals surface area contributed by atoms with Crippen molar-refractivity contribution in [3.8, 4) is 11.8 Å². The second-order valence-corrected chi connectivity index (χ2v) is 4.23. The second kappa shape index (κ2) is 6.39. The molecule has 0 aliphatic heterocycles. The summed E-state index contributed by atoms with van der Waals surface area (Å²) in [6, 6.07) is 16.2. The summed E-state index contributed by atoms with van der Waals surface area (Å²) >= 11 is 0. The van der Waals surface area contributed by atoms with Gasteiger partial charge in [-0.3, -0.25) is 4.79 Å². The van der Waals surface area contributed by atoms with Gasteiger partial charge in [-0.1, -0.05) is 18.2 Å². The van der Waals surface area contributed by atoms with E-state index >= 15 is 0 Å². The maximum atomic E-state index is 12.0. The summed E-state index contributed by atoms with van der Waals surface area (Å²) < 4.78 is 5.08. The van der Waals surface area contributed by atoms with E-state index in [2.05, 4.69) is 11.4 Å². The third-order valence-electron chi connectivity index (χ3n) is 2.84. The molecule has 2 rings (SSSR count). The minimum absolute atomic E-state index is 0.175. The van der Waals surface area contributed by atoms with E-state index in [4.69, 9.17) is 10.00 Å². The first kappa shape index (κ1) is 13.6. The molecule has 0 radical (unpaired) electrons. The monoisotopic (exact) mass is 266 g/mol. The Labute approximate surface area is 117 Å². The fourth-order valence-corrected chi connectivity index (χ4v) is 1.80. The molecule has 4 heteroatoms. The molecule has 0 aliphatic rings. The number of rotatable bonds is 4. The molecule has 4 nitrogen and oxygen atoms in total. The molecular weight excluding hydrogens is 252 g/mol. The number of benzene rings is 2. The van der Waals surface area contributed by atoms with Crippen molar-refractivity contribution in [3.05, 3.63) is 65.2 Å². The zero-order valence-electron chi connectivity index (χ0n) is 11.1. The Morgan fingerprint density at radius 1 is 1.25 bits per heavy atom. The molecule has 1 amide bonds. The second-order valence-electron chi connectivity index (χ2n) is 4.23. The van der Waals surface area contributed by atoms with Gasteiger partial charge in [-0.2, -0.15) is 5.26 Å². The zero-order chi connectivity index (χ0) is 14.4. The highest BCUT2D eigenvalue weighted by atomic mass is 16.5. The molecule has 2 aromatic rings. The van der Waals surface area contributed by atoms with Crippen LogP contribution >= 0.6 is 0 Å². The average molecular weight is 266 g/mol. The minimum atomic E-state index is -0.175. The standard InChI is InChI=1S/C16H14N2O2/c1-20-15-7-3-6-14(9-15)16(19)18-11-13-5-2-4-12(8-13)10-17/h2-9H,11H2,1H3,(H,18,19). The largest absolute Gasteiger partial charge is 0.497 e. The van der Waals surface area contributed by atoms with Crippen molar-refractivity contribution in [2.75, 3.05) is 7.11 Å². The van der Waals surface area contributed by atoms with Crippen molar-refractivity contribution in [1.29, 1.82) is 5.26 Å². The molecule has 0 heterocycles. The van der Waals surface area contributed by atoms with Crippen molar-refractivity contribution >= 4 is 5.91 Å². The summed E-state index contributed by atoms with van der Waals surface area (Å²) in [7, 11) is 1.56. The Morgan fingerprint density at radius 2 is 2.05 bits per heavy atom. The minimum Gasteiger partial charge on any atom is -0.497 e. The van der Waals surface area contributed by atoms with Gasteiger partial charge in [0, 0.05) is 12.1 Å². The molecule has 0 fully saturated rings. The normalized spacial score (nSPS) is 9.60. The van der Waals surface area contributed by atoms with Gasteiger partial charge in [-0.05, 0) is 35.9 Å². The summed E-state index contributed by atoms with van der Waals surface area (Å²) in [5.74, 6) is 0.468. The number of methoxy groups -OCH3 is 1. The molecule has 0 saturated heterocycles. The smallest absolute Gasteiger partial charge is 0.251 e. The quantitative estimate of drug-likeness (QED) is 0.924. The van der Waals surface area contributed by atoms with Gasteiger partial charge in [0.05, 0.1) is 18.7 Å². The van der Waals surface area contributed by atoms with E-state index in [0.29, 0.717) is 23.4 Å². The molecule has 0 aromatic heterocycles. The first-order valence-corrected chi connectivity index (χ1v) is 6.14. The molecule has 0 unspecified atom stereocenters. The Kier molecular flexibility index (Phi) is 4.35. The van der Waals surface area contributed by atoms with Crippen LogP contribution < -0.4 is 10.1 Å². The number of carbonyl (C=O) groups excluding carboxylic acids is 1. The van der Waals surface area contributed by atoms with Crippen LogP contribution in [0.5, 0.6) is 5.75 Å². The number of hydrogen-bond acceptors (Lipinski definition) is 3. The molecule has 0 spiro atoms. The maximum Gasteiger partial charge on any atom is 0.251 e. The SMILES string of the molecule is COc1cccc(C(=O)NCc2cccc(C#N)c2)c1. The lowest BCUT2D eigenvalue weighted by Gasteiger charge is -2.07. The molecular formula is C16H14N2O2. The zero-order valence-corrected chi connectivity index (χ0v) is 11.1. The Bertz CT molecular complexity index is 660. The number of hydrogen-bond donors (Lipinski definition) is 1. The fraction of sp³-hybridized carbons (Fsp3) is 0.125. The van der Waals surface area contributed by atoms with Crippen LogP contribution in [-0.2, 0) is 6.54 Å². The van der Waals surface area contributed by atoms with E-state index in [1.807, 2.05) is 6.07 Å². The van der Waals surface area contributed by atoms with Crippen LogP contribution in [0.3, 0.4) is 0 Å². The van der Waals surface area contributed by atoms with Crippen LogP contribution in [-0.4, -0.2) is 13.0 Å². The van der Waals surface area contributed by atoms with Gasteiger partial charge >= 0.3 is 0 Å². The van der Waals surface area contributed by atoms with Crippen LogP contribution in [0.15, 0.2) is 48.5 Å². The topological polar surface area (TPSA) is 62.1 Å². The Hall–Kier alpha value is -2.80. The summed E-state index contributed by atoms with van der Waals surface area (Å²) in [5.41, 5.74) is 2.01. The van der Waals surface area contributed by atoms with E-state index in [9.17, 15) is 4.79 Å². The Morgan fingerprint density at radius 3 is 2.80 bits per heavy atom. The molecule has 2 aromatic carbocycles. The number of ether oxygens (including phenoxy) is 1. The molecule has 0 bridgehead atoms. The number of carbonyl (C=O) groups is 1. The van der Waals surface area contributed by atoms with Crippen molar-refractivity contribution in [2.45, 2.75) is 6.54 Å². The molecule has 1 N–H and O–H groups in total. The van der Waals surface area contributed by atoms with Gasteiger partial charge in [-0.25, -0.2) is 0 Å². The fourth-order valence-electron chi connectivity index (χ4n) is 1.80.